The van der Waals surface area contributed by atoms with Gasteiger partial charge in [-0.3, -0.25) is 9.80 Å². The molecule has 1 aliphatic rings. The summed E-state index contributed by atoms with van der Waals surface area (Å²) in [6.45, 7) is 10.6. The van der Waals surface area contributed by atoms with Gasteiger partial charge < -0.3 is 9.47 Å². The molecule has 4 heteroatoms. The smallest absolute Gasteiger partial charge is 0.120 e. The lowest BCUT2D eigenvalue weighted by molar-refractivity contribution is 0.0344. The molecule has 3 rings (SSSR count). The van der Waals surface area contributed by atoms with Gasteiger partial charge >= 0.3 is 0 Å². The van der Waals surface area contributed by atoms with Crippen molar-refractivity contribution in [2.24, 2.45) is 0 Å². The average molecular weight is 354 g/mol. The molecule has 0 radical (unpaired) electrons. The van der Waals surface area contributed by atoms with Crippen LogP contribution in [-0.4, -0.2) is 55.2 Å². The minimum Gasteiger partial charge on any atom is -0.497 e. The van der Waals surface area contributed by atoms with E-state index in [1.54, 1.807) is 7.11 Å². The van der Waals surface area contributed by atoms with Crippen LogP contribution in [-0.2, 0) is 6.54 Å². The van der Waals surface area contributed by atoms with Gasteiger partial charge in [0.05, 0.1) is 7.11 Å². The highest BCUT2D eigenvalue weighted by atomic mass is 16.5. The Morgan fingerprint density at radius 2 is 1.42 bits per heavy atom. The molecule has 0 aliphatic carbocycles. The predicted octanol–water partition coefficient (Wildman–Crippen LogP) is 3.67. The fourth-order valence-corrected chi connectivity index (χ4v) is 3.47. The van der Waals surface area contributed by atoms with Crippen molar-refractivity contribution in [1.82, 2.24) is 9.80 Å². The monoisotopic (exact) mass is 354 g/mol. The Kier molecular flexibility index (Phi) is 6.17. The van der Waals surface area contributed by atoms with Gasteiger partial charge in [-0.2, -0.15) is 0 Å². The normalized spacial score (nSPS) is 16.4. The molecule has 0 spiro atoms. The van der Waals surface area contributed by atoms with Gasteiger partial charge in [-0.15, -0.1) is 0 Å². The zero-order valence-corrected chi connectivity index (χ0v) is 16.1. The first kappa shape index (κ1) is 18.7. The van der Waals surface area contributed by atoms with Gasteiger partial charge in [0.15, 0.2) is 0 Å². The molecule has 140 valence electrons. The van der Waals surface area contributed by atoms with Crippen LogP contribution in [0.25, 0.3) is 0 Å². The summed E-state index contributed by atoms with van der Waals surface area (Å²) in [6, 6.07) is 18.5. The summed E-state index contributed by atoms with van der Waals surface area (Å²) in [5.74, 6) is 1.86. The number of hydrogen-bond acceptors (Lipinski definition) is 4. The number of rotatable bonds is 7. The molecule has 0 unspecified atom stereocenters. The fraction of sp³-hybridized carbons (Fsp3) is 0.455. The fourth-order valence-electron chi connectivity index (χ4n) is 3.47. The van der Waals surface area contributed by atoms with Crippen LogP contribution in [0.1, 0.15) is 19.4 Å². The van der Waals surface area contributed by atoms with Gasteiger partial charge in [0.2, 0.25) is 0 Å². The van der Waals surface area contributed by atoms with E-state index in [0.717, 1.165) is 50.8 Å². The molecule has 0 saturated carbocycles. The molecular formula is C22H30N2O2. The highest BCUT2D eigenvalue weighted by Crippen LogP contribution is 2.20. The molecule has 1 saturated heterocycles. The van der Waals surface area contributed by atoms with Gasteiger partial charge in [-0.1, -0.05) is 30.3 Å². The third-order valence-corrected chi connectivity index (χ3v) is 4.77. The standard InChI is InChI=1S/C22H30N2O2/c1-22(2,26-21-7-5-4-6-8-21)18-24-15-13-23(14-16-24)17-19-9-11-20(25-3)12-10-19/h4-12H,13-18H2,1-3H3. The van der Waals surface area contributed by atoms with E-state index >= 15 is 0 Å². The van der Waals surface area contributed by atoms with Crippen molar-refractivity contribution in [3.8, 4) is 11.5 Å². The van der Waals surface area contributed by atoms with Crippen LogP contribution < -0.4 is 9.47 Å². The van der Waals surface area contributed by atoms with Crippen molar-refractivity contribution in [2.75, 3.05) is 39.8 Å². The van der Waals surface area contributed by atoms with Gasteiger partial charge in [0.25, 0.3) is 0 Å². The van der Waals surface area contributed by atoms with Crippen LogP contribution in [0.15, 0.2) is 54.6 Å². The van der Waals surface area contributed by atoms with Gasteiger partial charge in [-0.05, 0) is 43.7 Å². The highest BCUT2D eigenvalue weighted by molar-refractivity contribution is 5.27. The molecule has 26 heavy (non-hydrogen) atoms. The van der Waals surface area contributed by atoms with E-state index in [0.29, 0.717) is 0 Å². The Balaban J connectivity index is 1.45. The first-order valence-electron chi connectivity index (χ1n) is 9.36. The SMILES string of the molecule is COc1ccc(CN2CCN(CC(C)(C)Oc3ccccc3)CC2)cc1. The Hall–Kier alpha value is -2.04. The zero-order valence-electron chi connectivity index (χ0n) is 16.1. The van der Waals surface area contributed by atoms with Crippen LogP contribution in [0.3, 0.4) is 0 Å². The number of hydrogen-bond donors (Lipinski definition) is 0. The van der Waals surface area contributed by atoms with Crippen molar-refractivity contribution in [3.05, 3.63) is 60.2 Å². The van der Waals surface area contributed by atoms with E-state index in [2.05, 4.69) is 35.8 Å². The second kappa shape index (κ2) is 8.56. The molecule has 0 amide bonds. The lowest BCUT2D eigenvalue weighted by atomic mass is 10.1. The quantitative estimate of drug-likeness (QED) is 0.757. The van der Waals surface area contributed by atoms with Crippen molar-refractivity contribution < 1.29 is 9.47 Å². The first-order chi connectivity index (χ1) is 12.5. The van der Waals surface area contributed by atoms with E-state index in [4.69, 9.17) is 9.47 Å². The topological polar surface area (TPSA) is 24.9 Å². The van der Waals surface area contributed by atoms with Crippen molar-refractivity contribution in [3.63, 3.8) is 0 Å². The second-order valence-corrected chi connectivity index (χ2v) is 7.58. The summed E-state index contributed by atoms with van der Waals surface area (Å²) in [7, 11) is 1.71. The highest BCUT2D eigenvalue weighted by Gasteiger charge is 2.26. The van der Waals surface area contributed by atoms with Crippen LogP contribution in [0.5, 0.6) is 11.5 Å². The maximum absolute atomic E-state index is 6.18. The maximum atomic E-state index is 6.18. The van der Waals surface area contributed by atoms with Gasteiger partial charge in [0.1, 0.15) is 17.1 Å². The van der Waals surface area contributed by atoms with E-state index in [-0.39, 0.29) is 5.60 Å². The van der Waals surface area contributed by atoms with Gasteiger partial charge in [0, 0.05) is 39.3 Å². The molecule has 1 heterocycles. The number of benzene rings is 2. The lowest BCUT2D eigenvalue weighted by Crippen LogP contribution is -2.51. The minimum atomic E-state index is -0.195. The average Bonchev–Trinajstić information content (AvgIpc) is 2.64. The molecule has 0 aromatic heterocycles. The molecule has 0 N–H and O–H groups in total. The molecule has 1 aliphatic heterocycles. The summed E-state index contributed by atoms with van der Waals surface area (Å²) in [5, 5.41) is 0. The number of piperazine rings is 1. The van der Waals surface area contributed by atoms with E-state index in [9.17, 15) is 0 Å². The molecule has 1 fully saturated rings. The summed E-state index contributed by atoms with van der Waals surface area (Å²) in [5.41, 5.74) is 1.14. The summed E-state index contributed by atoms with van der Waals surface area (Å²) in [4.78, 5) is 5.02. The number of methoxy groups -OCH3 is 1. The Bertz CT molecular complexity index is 662. The first-order valence-corrected chi connectivity index (χ1v) is 9.36. The largest absolute Gasteiger partial charge is 0.497 e. The van der Waals surface area contributed by atoms with E-state index in [1.807, 2.05) is 42.5 Å². The van der Waals surface area contributed by atoms with Crippen LogP contribution >= 0.6 is 0 Å². The molecule has 0 bridgehead atoms. The summed E-state index contributed by atoms with van der Waals surface area (Å²) in [6.07, 6.45) is 0. The van der Waals surface area contributed by atoms with Gasteiger partial charge in [-0.25, -0.2) is 0 Å². The van der Waals surface area contributed by atoms with Crippen molar-refractivity contribution in [2.45, 2.75) is 26.0 Å². The van der Waals surface area contributed by atoms with Crippen LogP contribution in [0.2, 0.25) is 0 Å². The molecular weight excluding hydrogens is 324 g/mol. The number of para-hydroxylation sites is 1. The van der Waals surface area contributed by atoms with Crippen LogP contribution in [0, 0.1) is 0 Å². The Morgan fingerprint density at radius 1 is 0.808 bits per heavy atom. The molecule has 0 atom stereocenters. The van der Waals surface area contributed by atoms with Crippen molar-refractivity contribution >= 4 is 0 Å². The molecule has 4 nitrogen and oxygen atoms in total. The molecule has 2 aromatic rings. The maximum Gasteiger partial charge on any atom is 0.120 e. The summed E-state index contributed by atoms with van der Waals surface area (Å²) >= 11 is 0. The third-order valence-electron chi connectivity index (χ3n) is 4.77. The zero-order chi connectivity index (χ0) is 18.4. The van der Waals surface area contributed by atoms with E-state index < -0.39 is 0 Å². The Labute approximate surface area is 157 Å². The van der Waals surface area contributed by atoms with E-state index in [1.165, 1.54) is 5.56 Å². The number of nitrogens with zero attached hydrogens (tertiary/aromatic N) is 2. The Morgan fingerprint density at radius 3 is 2.04 bits per heavy atom. The van der Waals surface area contributed by atoms with Crippen LogP contribution in [0.4, 0.5) is 0 Å². The summed E-state index contributed by atoms with van der Waals surface area (Å²) < 4.78 is 11.4. The molecule has 2 aromatic carbocycles. The minimum absolute atomic E-state index is 0.195. The second-order valence-electron chi connectivity index (χ2n) is 7.58. The van der Waals surface area contributed by atoms with Crippen molar-refractivity contribution in [1.29, 1.82) is 0 Å². The number of ether oxygens (including phenoxy) is 2. The third kappa shape index (κ3) is 5.48. The lowest BCUT2D eigenvalue weighted by Gasteiger charge is -2.39. The predicted molar refractivity (Wildman–Crippen MR) is 106 cm³/mol.